The lowest BCUT2D eigenvalue weighted by molar-refractivity contribution is -0.138. The van der Waals surface area contributed by atoms with E-state index in [-0.39, 0.29) is 42.2 Å². The van der Waals surface area contributed by atoms with Gasteiger partial charge in [0.1, 0.15) is 5.82 Å². The molecule has 0 spiro atoms. The van der Waals surface area contributed by atoms with Gasteiger partial charge in [-0.15, -0.1) is 0 Å². The smallest absolute Gasteiger partial charge is 0.331 e. The zero-order valence-corrected chi connectivity index (χ0v) is 27.2. The minimum atomic E-state index is -4.63. The predicted molar refractivity (Wildman–Crippen MR) is 175 cm³/mol. The fourth-order valence-electron chi connectivity index (χ4n) is 6.99. The van der Waals surface area contributed by atoms with Crippen molar-refractivity contribution in [1.82, 2.24) is 20.4 Å². The quantitative estimate of drug-likeness (QED) is 0.216. The van der Waals surface area contributed by atoms with Crippen LogP contribution in [0.3, 0.4) is 0 Å². The highest BCUT2D eigenvalue weighted by molar-refractivity contribution is 6.42. The fraction of sp³-hybridized carbons (Fsp3) is 0.417. The number of fused-ring (bicyclic) bond motifs is 2. The van der Waals surface area contributed by atoms with Crippen LogP contribution in [0.2, 0.25) is 10.0 Å². The first-order valence-corrected chi connectivity index (χ1v) is 16.9. The Balaban J connectivity index is 1.16. The number of halogens is 6. The largest absolute Gasteiger partial charge is 0.416 e. The summed E-state index contributed by atoms with van der Waals surface area (Å²) in [6.45, 7) is 2.09. The van der Waals surface area contributed by atoms with Crippen LogP contribution < -0.4 is 10.6 Å². The summed E-state index contributed by atoms with van der Waals surface area (Å²) in [5.41, 5.74) is 3.22. The van der Waals surface area contributed by atoms with Crippen molar-refractivity contribution in [3.05, 3.63) is 110 Å². The Kier molecular flexibility index (Phi) is 9.13. The highest BCUT2D eigenvalue weighted by Gasteiger charge is 2.41. The van der Waals surface area contributed by atoms with Crippen molar-refractivity contribution in [3.8, 4) is 0 Å². The lowest BCUT2D eigenvalue weighted by atomic mass is 9.83. The van der Waals surface area contributed by atoms with E-state index in [4.69, 9.17) is 23.2 Å². The molecule has 2 bridgehead atoms. The highest BCUT2D eigenvalue weighted by atomic mass is 35.5. The van der Waals surface area contributed by atoms with Gasteiger partial charge in [-0.1, -0.05) is 65.7 Å². The summed E-state index contributed by atoms with van der Waals surface area (Å²) >= 11 is 12.8. The van der Waals surface area contributed by atoms with E-state index >= 15 is 0 Å². The SMILES string of the molecule is O=C(C1=C(c2ccc(CN(Cc3c(F)cccc3C(F)(F)F)C3CC3)cc2)CC2CNC[C@H]1N2)N(Cc1cccc(Cl)c1Cl)C1CC1. The van der Waals surface area contributed by atoms with Crippen LogP contribution >= 0.6 is 23.2 Å². The zero-order chi connectivity index (χ0) is 32.9. The molecule has 2 saturated carbocycles. The molecule has 3 aromatic carbocycles. The van der Waals surface area contributed by atoms with E-state index in [1.165, 1.54) is 0 Å². The van der Waals surface area contributed by atoms with Gasteiger partial charge in [0.2, 0.25) is 0 Å². The monoisotopic (exact) mass is 686 g/mol. The Morgan fingerprint density at radius 2 is 1.60 bits per heavy atom. The van der Waals surface area contributed by atoms with E-state index in [9.17, 15) is 22.4 Å². The predicted octanol–water partition coefficient (Wildman–Crippen LogP) is 7.59. The summed E-state index contributed by atoms with van der Waals surface area (Å²) in [4.78, 5) is 18.3. The summed E-state index contributed by atoms with van der Waals surface area (Å²) in [6, 6.07) is 16.9. The fourth-order valence-corrected chi connectivity index (χ4v) is 7.37. The maximum Gasteiger partial charge on any atom is 0.416 e. The third-order valence-corrected chi connectivity index (χ3v) is 10.5. The van der Waals surface area contributed by atoms with Gasteiger partial charge in [-0.3, -0.25) is 9.69 Å². The first-order chi connectivity index (χ1) is 22.6. The second-order valence-corrected chi connectivity index (χ2v) is 13.9. The number of nitrogens with zero attached hydrogens (tertiary/aromatic N) is 2. The number of rotatable bonds is 10. The van der Waals surface area contributed by atoms with E-state index in [2.05, 4.69) is 10.6 Å². The summed E-state index contributed by atoms with van der Waals surface area (Å²) in [5.74, 6) is -0.846. The molecule has 47 heavy (non-hydrogen) atoms. The molecule has 2 aliphatic heterocycles. The second-order valence-electron chi connectivity index (χ2n) is 13.1. The lowest BCUT2D eigenvalue weighted by Crippen LogP contribution is -2.60. The van der Waals surface area contributed by atoms with Gasteiger partial charge in [0.05, 0.1) is 21.7 Å². The van der Waals surface area contributed by atoms with Crippen LogP contribution in [0.4, 0.5) is 17.6 Å². The molecule has 3 fully saturated rings. The molecule has 0 radical (unpaired) electrons. The van der Waals surface area contributed by atoms with Gasteiger partial charge in [-0.25, -0.2) is 4.39 Å². The topological polar surface area (TPSA) is 47.6 Å². The molecule has 7 rings (SSSR count). The van der Waals surface area contributed by atoms with Gasteiger partial charge in [0.25, 0.3) is 5.91 Å². The molecular formula is C36H36Cl2F4N4O. The van der Waals surface area contributed by atoms with Gasteiger partial charge in [0, 0.05) is 62.0 Å². The number of alkyl halides is 3. The number of carbonyl (C=O) groups is 1. The van der Waals surface area contributed by atoms with Crippen molar-refractivity contribution in [3.63, 3.8) is 0 Å². The Hall–Kier alpha value is -2.95. The third kappa shape index (κ3) is 7.10. The van der Waals surface area contributed by atoms with Crippen LogP contribution in [-0.2, 0) is 30.6 Å². The van der Waals surface area contributed by atoms with E-state index in [0.29, 0.717) is 36.1 Å². The number of hydrogen-bond acceptors (Lipinski definition) is 4. The van der Waals surface area contributed by atoms with E-state index in [1.807, 2.05) is 46.2 Å². The first-order valence-electron chi connectivity index (χ1n) is 16.2. The Morgan fingerprint density at radius 3 is 2.30 bits per heavy atom. The van der Waals surface area contributed by atoms with Crippen LogP contribution in [0.15, 0.2) is 66.2 Å². The zero-order valence-electron chi connectivity index (χ0n) is 25.7. The molecule has 0 aromatic heterocycles. The average Bonchev–Trinajstić information content (AvgIpc) is 3.96. The molecule has 248 valence electrons. The molecule has 2 heterocycles. The van der Waals surface area contributed by atoms with Crippen LogP contribution in [-0.4, -0.2) is 53.0 Å². The van der Waals surface area contributed by atoms with Gasteiger partial charge in [-0.05, 0) is 72.6 Å². The normalized spacial score (nSPS) is 21.3. The molecule has 3 aromatic rings. The molecule has 4 aliphatic rings. The highest BCUT2D eigenvalue weighted by Crippen LogP contribution is 2.39. The maximum absolute atomic E-state index is 14.7. The molecule has 11 heteroatoms. The molecule has 2 N–H and O–H groups in total. The van der Waals surface area contributed by atoms with Crippen molar-refractivity contribution in [1.29, 1.82) is 0 Å². The van der Waals surface area contributed by atoms with Crippen LogP contribution in [0, 0.1) is 5.82 Å². The lowest BCUT2D eigenvalue weighted by Gasteiger charge is -2.41. The minimum absolute atomic E-state index is 0.00691. The molecule has 2 atom stereocenters. The van der Waals surface area contributed by atoms with Gasteiger partial charge in [0.15, 0.2) is 0 Å². The molecule has 1 amide bonds. The summed E-state index contributed by atoms with van der Waals surface area (Å²) in [5, 5.41) is 8.04. The van der Waals surface area contributed by atoms with Crippen LogP contribution in [0.5, 0.6) is 0 Å². The Labute approximate surface area is 281 Å². The number of nitrogens with one attached hydrogen (secondary N) is 2. The molecule has 1 saturated heterocycles. The molecule has 2 aliphatic carbocycles. The van der Waals surface area contributed by atoms with E-state index in [1.54, 1.807) is 6.07 Å². The number of benzene rings is 3. The Bertz CT molecular complexity index is 1690. The summed E-state index contributed by atoms with van der Waals surface area (Å²) < 4.78 is 55.9. The number of hydrogen-bond donors (Lipinski definition) is 2. The summed E-state index contributed by atoms with van der Waals surface area (Å²) in [7, 11) is 0. The molecule has 1 unspecified atom stereocenters. The van der Waals surface area contributed by atoms with Crippen LogP contribution in [0.25, 0.3) is 5.57 Å². The third-order valence-electron chi connectivity index (χ3n) is 9.69. The number of carbonyl (C=O) groups excluding carboxylic acids is 1. The van der Waals surface area contributed by atoms with Crippen molar-refractivity contribution >= 4 is 34.7 Å². The van der Waals surface area contributed by atoms with Gasteiger partial charge in [-0.2, -0.15) is 13.2 Å². The second kappa shape index (κ2) is 13.2. The maximum atomic E-state index is 14.7. The van der Waals surface area contributed by atoms with E-state index in [0.717, 1.165) is 78.3 Å². The van der Waals surface area contributed by atoms with Crippen molar-refractivity contribution in [2.45, 2.75) is 82.1 Å². The first kappa shape index (κ1) is 32.6. The standard InChI is InChI=1S/C36H36Cl2F4N4O/c37-30-5-1-3-23(34(30)38)19-46(26-13-14-26)35(47)33-27(15-24-16-43-17-32(33)44-24)22-9-7-21(8-10-22)18-45(25-11-12-25)20-28-29(36(40,41)42)4-2-6-31(28)39/h1-10,24-26,32,43-44H,11-20H2/t24?,32-/m1/s1. The number of piperazine rings is 1. The Morgan fingerprint density at radius 1 is 0.872 bits per heavy atom. The van der Waals surface area contributed by atoms with Crippen molar-refractivity contribution in [2.75, 3.05) is 13.1 Å². The average molecular weight is 688 g/mol. The van der Waals surface area contributed by atoms with Crippen molar-refractivity contribution in [2.24, 2.45) is 0 Å². The minimum Gasteiger partial charge on any atom is -0.331 e. The number of amides is 1. The van der Waals surface area contributed by atoms with Gasteiger partial charge < -0.3 is 15.5 Å². The van der Waals surface area contributed by atoms with Gasteiger partial charge >= 0.3 is 6.18 Å². The summed E-state index contributed by atoms with van der Waals surface area (Å²) in [6.07, 6.45) is -0.330. The van der Waals surface area contributed by atoms with Crippen LogP contribution in [0.1, 0.15) is 59.9 Å². The molecule has 5 nitrogen and oxygen atoms in total. The molecular weight excluding hydrogens is 651 g/mol. The van der Waals surface area contributed by atoms with Crippen molar-refractivity contribution < 1.29 is 22.4 Å². The van der Waals surface area contributed by atoms with E-state index < -0.39 is 17.6 Å².